The van der Waals surface area contributed by atoms with E-state index in [2.05, 4.69) is 15.5 Å². The van der Waals surface area contributed by atoms with Gasteiger partial charge in [-0.3, -0.25) is 14.5 Å². The number of carboxylic acid groups (broad SMARTS) is 1. The number of fused-ring (bicyclic) bond motifs is 1. The lowest BCUT2D eigenvalue weighted by atomic mass is 10.0. The van der Waals surface area contributed by atoms with Crippen molar-refractivity contribution in [3.8, 4) is 0 Å². The monoisotopic (exact) mass is 529 g/mol. The standard InChI is InChI=1S/C23H24N6O5S2/c1-11-4-3-7-28(12(11)2)8-13-9-35-21-17(20(31)29(21)18(13)22(32)33)26-19(30)16(27-34-14-5-6-14)15-10-36-23(24)25-15/h3-4,7,10,14,17,21H,5-6,8-9H2,1-2H3,(H3-,24,25,26,30,32,33)/p+1/t17-,21+/m1/s1. The van der Waals surface area contributed by atoms with Crippen LogP contribution in [0.25, 0.3) is 0 Å². The lowest BCUT2D eigenvalue weighted by Crippen LogP contribution is -2.71. The molecule has 36 heavy (non-hydrogen) atoms. The van der Waals surface area contributed by atoms with E-state index in [1.807, 2.05) is 36.7 Å². The van der Waals surface area contributed by atoms with E-state index in [1.54, 1.807) is 5.38 Å². The van der Waals surface area contributed by atoms with Crippen LogP contribution in [0.15, 0.2) is 40.1 Å². The van der Waals surface area contributed by atoms with Gasteiger partial charge < -0.3 is 21.0 Å². The Labute approximate surface area is 215 Å². The fraction of sp³-hybridized carbons (Fsp3) is 0.391. The van der Waals surface area contributed by atoms with Crippen LogP contribution in [-0.4, -0.2) is 61.8 Å². The molecule has 4 heterocycles. The molecule has 2 aromatic rings. The first kappa shape index (κ1) is 24.3. The number of nitrogens with one attached hydrogen (secondary N) is 1. The second kappa shape index (κ2) is 9.54. The fourth-order valence-corrected chi connectivity index (χ4v) is 5.93. The summed E-state index contributed by atoms with van der Waals surface area (Å²) in [6, 6.07) is 3.00. The zero-order valence-corrected chi connectivity index (χ0v) is 21.3. The van der Waals surface area contributed by atoms with Crippen LogP contribution >= 0.6 is 23.1 Å². The summed E-state index contributed by atoms with van der Waals surface area (Å²) in [6.45, 7) is 4.32. The van der Waals surface area contributed by atoms with Gasteiger partial charge >= 0.3 is 5.97 Å². The number of rotatable bonds is 8. The number of β-lactam (4-membered cyclic amide) rings is 1. The summed E-state index contributed by atoms with van der Waals surface area (Å²) in [5.41, 5.74) is 8.62. The quantitative estimate of drug-likeness (QED) is 0.198. The zero-order chi connectivity index (χ0) is 25.6. The summed E-state index contributed by atoms with van der Waals surface area (Å²) in [5, 5.41) is 18.0. The van der Waals surface area contributed by atoms with Gasteiger partial charge in [-0.1, -0.05) is 5.16 Å². The van der Waals surface area contributed by atoms with E-state index in [-0.39, 0.29) is 28.3 Å². The van der Waals surface area contributed by atoms with Crippen LogP contribution in [0.5, 0.6) is 0 Å². The van der Waals surface area contributed by atoms with Gasteiger partial charge in [-0.25, -0.2) is 9.78 Å². The average Bonchev–Trinajstić information content (AvgIpc) is 3.58. The number of aryl methyl sites for hydroxylation is 1. The number of thiazole rings is 1. The van der Waals surface area contributed by atoms with E-state index in [0.717, 1.165) is 35.4 Å². The maximum atomic E-state index is 13.1. The van der Waals surface area contributed by atoms with Gasteiger partial charge in [-0.2, -0.15) is 4.57 Å². The van der Waals surface area contributed by atoms with Gasteiger partial charge in [0.25, 0.3) is 11.8 Å². The number of anilines is 1. The van der Waals surface area contributed by atoms with Crippen molar-refractivity contribution in [2.75, 3.05) is 11.5 Å². The number of carboxylic acids is 1. The van der Waals surface area contributed by atoms with Crippen LogP contribution in [0, 0.1) is 13.8 Å². The maximum Gasteiger partial charge on any atom is 0.352 e. The van der Waals surface area contributed by atoms with Gasteiger partial charge in [0.05, 0.1) is 0 Å². The number of aliphatic carboxylic acids is 1. The second-order valence-electron chi connectivity index (χ2n) is 8.84. The summed E-state index contributed by atoms with van der Waals surface area (Å²) in [4.78, 5) is 49.1. The van der Waals surface area contributed by atoms with Gasteiger partial charge in [0.2, 0.25) is 0 Å². The third-order valence-corrected chi connectivity index (χ3v) is 8.32. The summed E-state index contributed by atoms with van der Waals surface area (Å²) in [5.74, 6) is -1.87. The van der Waals surface area contributed by atoms with Gasteiger partial charge in [0, 0.05) is 35.3 Å². The van der Waals surface area contributed by atoms with E-state index in [9.17, 15) is 19.5 Å². The number of aromatic nitrogens is 2. The van der Waals surface area contributed by atoms with Crippen LogP contribution in [0.1, 0.15) is 29.8 Å². The van der Waals surface area contributed by atoms with Crippen molar-refractivity contribution in [2.45, 2.75) is 50.8 Å². The summed E-state index contributed by atoms with van der Waals surface area (Å²) in [7, 11) is 0. The van der Waals surface area contributed by atoms with Gasteiger partial charge in [-0.05, 0) is 25.8 Å². The molecule has 13 heteroatoms. The average molecular weight is 530 g/mol. The SMILES string of the molecule is Cc1ccc[n+](CC2=C(C(=O)O)N3C(=O)[C@@H](NC(=O)C(=NOC4CC4)c4csc(N)n4)[C@@H]3SC2)c1C. The minimum atomic E-state index is -1.17. The Morgan fingerprint density at radius 3 is 2.83 bits per heavy atom. The Kier molecular flexibility index (Phi) is 6.43. The molecule has 0 spiro atoms. The zero-order valence-electron chi connectivity index (χ0n) is 19.6. The molecule has 2 atom stereocenters. The molecule has 4 N–H and O–H groups in total. The molecule has 5 rings (SSSR count). The van der Waals surface area contributed by atoms with Crippen LogP contribution in [0.4, 0.5) is 5.13 Å². The van der Waals surface area contributed by atoms with E-state index < -0.39 is 29.2 Å². The number of nitrogens with two attached hydrogens (primary N) is 1. The summed E-state index contributed by atoms with van der Waals surface area (Å²) < 4.78 is 1.97. The molecule has 11 nitrogen and oxygen atoms in total. The molecule has 0 unspecified atom stereocenters. The predicted octanol–water partition coefficient (Wildman–Crippen LogP) is 0.952. The van der Waals surface area contributed by atoms with Crippen molar-refractivity contribution < 1.29 is 28.9 Å². The molecular formula is C23H25N6O5S2+. The lowest BCUT2D eigenvalue weighted by Gasteiger charge is -2.49. The van der Waals surface area contributed by atoms with Crippen molar-refractivity contribution in [1.82, 2.24) is 15.2 Å². The Balaban J connectivity index is 1.35. The molecule has 2 amide bonds. The van der Waals surface area contributed by atoms with Crippen LogP contribution in [0.3, 0.4) is 0 Å². The maximum absolute atomic E-state index is 13.1. The van der Waals surface area contributed by atoms with Crippen LogP contribution < -0.4 is 15.6 Å². The number of hydrogen-bond acceptors (Lipinski definition) is 9. The Morgan fingerprint density at radius 2 is 2.17 bits per heavy atom. The molecule has 3 aliphatic rings. The van der Waals surface area contributed by atoms with Crippen molar-refractivity contribution >= 4 is 51.7 Å². The van der Waals surface area contributed by atoms with E-state index in [1.165, 1.54) is 16.7 Å². The largest absolute Gasteiger partial charge is 0.477 e. The number of hydrogen-bond donors (Lipinski definition) is 3. The Morgan fingerprint density at radius 1 is 1.39 bits per heavy atom. The van der Waals surface area contributed by atoms with Gasteiger partial charge in [0.15, 0.2) is 29.3 Å². The van der Waals surface area contributed by atoms with Crippen molar-refractivity contribution in [2.24, 2.45) is 5.16 Å². The molecule has 1 saturated heterocycles. The number of amides is 2. The minimum absolute atomic E-state index is 0.0270. The highest BCUT2D eigenvalue weighted by Crippen LogP contribution is 2.40. The molecule has 188 valence electrons. The highest BCUT2D eigenvalue weighted by atomic mass is 32.2. The third-order valence-electron chi connectivity index (χ3n) is 6.31. The molecule has 0 radical (unpaired) electrons. The number of oxime groups is 1. The van der Waals surface area contributed by atoms with Gasteiger partial charge in [0.1, 0.15) is 28.9 Å². The number of nitrogens with zero attached hydrogens (tertiary/aromatic N) is 4. The molecule has 2 aliphatic heterocycles. The smallest absolute Gasteiger partial charge is 0.352 e. The summed E-state index contributed by atoms with van der Waals surface area (Å²) >= 11 is 2.58. The topological polar surface area (TPSA) is 151 Å². The van der Waals surface area contributed by atoms with E-state index in [4.69, 9.17) is 10.6 Å². The summed E-state index contributed by atoms with van der Waals surface area (Å²) in [6.07, 6.45) is 3.58. The molecule has 2 fully saturated rings. The van der Waals surface area contributed by atoms with E-state index >= 15 is 0 Å². The van der Waals surface area contributed by atoms with Crippen molar-refractivity contribution in [3.05, 3.63) is 51.9 Å². The number of carbonyl (C=O) groups excluding carboxylic acids is 2. The molecular weight excluding hydrogens is 504 g/mol. The number of nitrogen functional groups attached to an aromatic ring is 1. The number of thioether (sulfide) groups is 1. The molecule has 0 aromatic carbocycles. The molecule has 2 aromatic heterocycles. The van der Waals surface area contributed by atoms with Crippen molar-refractivity contribution in [3.63, 3.8) is 0 Å². The van der Waals surface area contributed by atoms with Crippen molar-refractivity contribution in [1.29, 1.82) is 0 Å². The highest BCUT2D eigenvalue weighted by molar-refractivity contribution is 8.00. The first-order valence-corrected chi connectivity index (χ1v) is 13.3. The highest BCUT2D eigenvalue weighted by Gasteiger charge is 2.55. The third kappa shape index (κ3) is 4.55. The first-order valence-electron chi connectivity index (χ1n) is 11.4. The normalized spacial score (nSPS) is 21.7. The molecule has 0 bridgehead atoms. The van der Waals surface area contributed by atoms with Gasteiger partial charge in [-0.15, -0.1) is 23.1 Å². The number of pyridine rings is 1. The van der Waals surface area contributed by atoms with E-state index in [0.29, 0.717) is 17.9 Å². The van der Waals surface area contributed by atoms with Crippen LogP contribution in [-0.2, 0) is 25.8 Å². The molecule has 1 saturated carbocycles. The Bertz CT molecular complexity index is 1320. The fourth-order valence-electron chi connectivity index (χ4n) is 4.04. The van der Waals surface area contributed by atoms with Crippen LogP contribution in [0.2, 0.25) is 0 Å². The predicted molar refractivity (Wildman–Crippen MR) is 133 cm³/mol. The minimum Gasteiger partial charge on any atom is -0.477 e. The Hall–Kier alpha value is -3.45. The first-order chi connectivity index (χ1) is 17.2. The lowest BCUT2D eigenvalue weighted by molar-refractivity contribution is -0.695. The second-order valence-corrected chi connectivity index (χ2v) is 10.8. The number of carbonyl (C=O) groups is 3. The molecule has 1 aliphatic carbocycles.